The van der Waals surface area contributed by atoms with E-state index in [0.717, 1.165) is 19.3 Å². The normalized spacial score (nSPS) is 18.7. The molecule has 1 aromatic rings. The molecule has 0 heterocycles. The maximum atomic E-state index is 12.0. The van der Waals surface area contributed by atoms with Crippen LogP contribution in [0.2, 0.25) is 10.0 Å². The minimum atomic E-state index is -0.170. The standard InChI is InChI=1S/C13H13Cl2NO2/c14-10-6-9(7-11(15)12(10)17)16-13(18)8-4-2-1-3-5-8/h1-2,6-8,17H,3-5H2,(H,16,18). The van der Waals surface area contributed by atoms with Crippen LogP contribution in [-0.2, 0) is 4.79 Å². The molecule has 1 unspecified atom stereocenters. The number of phenolic OH excluding ortho intramolecular Hbond substituents is 1. The topological polar surface area (TPSA) is 49.3 Å². The van der Waals surface area contributed by atoms with Gasteiger partial charge >= 0.3 is 0 Å². The number of phenols is 1. The Morgan fingerprint density at radius 2 is 1.94 bits per heavy atom. The molecule has 2 rings (SSSR count). The van der Waals surface area contributed by atoms with Crippen molar-refractivity contribution in [2.45, 2.75) is 19.3 Å². The van der Waals surface area contributed by atoms with Gasteiger partial charge in [0.2, 0.25) is 5.91 Å². The van der Waals surface area contributed by atoms with Crippen LogP contribution in [0, 0.1) is 5.92 Å². The van der Waals surface area contributed by atoms with Gasteiger partial charge in [0.15, 0.2) is 5.75 Å². The van der Waals surface area contributed by atoms with Gasteiger partial charge in [-0.05, 0) is 31.4 Å². The first-order valence-electron chi connectivity index (χ1n) is 5.72. The Morgan fingerprint density at radius 1 is 1.28 bits per heavy atom. The molecule has 2 N–H and O–H groups in total. The van der Waals surface area contributed by atoms with Crippen molar-refractivity contribution in [3.63, 3.8) is 0 Å². The molecule has 1 aromatic carbocycles. The fourth-order valence-corrected chi connectivity index (χ4v) is 2.40. The number of rotatable bonds is 2. The molecule has 5 heteroatoms. The summed E-state index contributed by atoms with van der Waals surface area (Å²) in [4.78, 5) is 12.0. The second kappa shape index (κ2) is 5.63. The number of carbonyl (C=O) groups excluding carboxylic acids is 1. The van der Waals surface area contributed by atoms with Gasteiger partial charge in [-0.2, -0.15) is 0 Å². The van der Waals surface area contributed by atoms with Crippen LogP contribution in [0.3, 0.4) is 0 Å². The zero-order chi connectivity index (χ0) is 13.1. The van der Waals surface area contributed by atoms with Crippen molar-refractivity contribution < 1.29 is 9.90 Å². The molecule has 0 aromatic heterocycles. The predicted octanol–water partition coefficient (Wildman–Crippen LogP) is 3.99. The molecule has 1 amide bonds. The highest BCUT2D eigenvalue weighted by Crippen LogP contribution is 2.35. The van der Waals surface area contributed by atoms with E-state index in [1.165, 1.54) is 12.1 Å². The second-order valence-corrected chi connectivity index (χ2v) is 5.07. The largest absolute Gasteiger partial charge is 0.505 e. The highest BCUT2D eigenvalue weighted by Gasteiger charge is 2.19. The van der Waals surface area contributed by atoms with Crippen LogP contribution < -0.4 is 5.32 Å². The average Bonchev–Trinajstić information content (AvgIpc) is 2.37. The molecule has 1 atom stereocenters. The van der Waals surface area contributed by atoms with Gasteiger partial charge in [-0.25, -0.2) is 0 Å². The van der Waals surface area contributed by atoms with Crippen molar-refractivity contribution in [2.24, 2.45) is 5.92 Å². The predicted molar refractivity (Wildman–Crippen MR) is 73.2 cm³/mol. The smallest absolute Gasteiger partial charge is 0.227 e. The Hall–Kier alpha value is -1.19. The third kappa shape index (κ3) is 2.98. The van der Waals surface area contributed by atoms with E-state index in [4.69, 9.17) is 23.2 Å². The maximum Gasteiger partial charge on any atom is 0.227 e. The summed E-state index contributed by atoms with van der Waals surface area (Å²) in [5.74, 6) is -0.226. The monoisotopic (exact) mass is 285 g/mol. The fraction of sp³-hybridized carbons (Fsp3) is 0.308. The van der Waals surface area contributed by atoms with Gasteiger partial charge in [-0.1, -0.05) is 35.4 Å². The molecule has 1 aliphatic carbocycles. The van der Waals surface area contributed by atoms with E-state index in [-0.39, 0.29) is 27.6 Å². The third-order valence-corrected chi connectivity index (χ3v) is 3.50. The van der Waals surface area contributed by atoms with E-state index in [1.807, 2.05) is 6.08 Å². The Balaban J connectivity index is 2.09. The van der Waals surface area contributed by atoms with Crippen LogP contribution in [0.15, 0.2) is 24.3 Å². The van der Waals surface area contributed by atoms with E-state index < -0.39 is 0 Å². The van der Waals surface area contributed by atoms with Gasteiger partial charge in [0.05, 0.1) is 10.0 Å². The number of carbonyl (C=O) groups is 1. The molecule has 0 fully saturated rings. The van der Waals surface area contributed by atoms with Crippen molar-refractivity contribution >= 4 is 34.8 Å². The summed E-state index contributed by atoms with van der Waals surface area (Å²) in [7, 11) is 0. The zero-order valence-corrected chi connectivity index (χ0v) is 11.1. The van der Waals surface area contributed by atoms with Crippen LogP contribution in [0.1, 0.15) is 19.3 Å². The fourth-order valence-electron chi connectivity index (χ4n) is 1.91. The van der Waals surface area contributed by atoms with E-state index in [0.29, 0.717) is 5.69 Å². The molecule has 0 spiro atoms. The minimum absolute atomic E-state index is 0.0126. The highest BCUT2D eigenvalue weighted by atomic mass is 35.5. The van der Waals surface area contributed by atoms with Gasteiger partial charge in [-0.15, -0.1) is 0 Å². The number of anilines is 1. The van der Waals surface area contributed by atoms with Crippen LogP contribution in [0.4, 0.5) is 5.69 Å². The van der Waals surface area contributed by atoms with Crippen molar-refractivity contribution in [1.29, 1.82) is 0 Å². The second-order valence-electron chi connectivity index (χ2n) is 4.26. The first kappa shape index (κ1) is 13.2. The van der Waals surface area contributed by atoms with E-state index in [1.54, 1.807) is 0 Å². The van der Waals surface area contributed by atoms with Crippen molar-refractivity contribution in [3.05, 3.63) is 34.3 Å². The molecule has 0 saturated carbocycles. The van der Waals surface area contributed by atoms with Crippen molar-refractivity contribution in [2.75, 3.05) is 5.32 Å². The zero-order valence-electron chi connectivity index (χ0n) is 9.62. The van der Waals surface area contributed by atoms with E-state index in [2.05, 4.69) is 11.4 Å². The highest BCUT2D eigenvalue weighted by molar-refractivity contribution is 6.37. The Morgan fingerprint density at radius 3 is 2.50 bits per heavy atom. The number of hydrogen-bond acceptors (Lipinski definition) is 2. The molecule has 0 aliphatic heterocycles. The molecular formula is C13H13Cl2NO2. The number of allylic oxidation sites excluding steroid dienone is 2. The number of hydrogen-bond donors (Lipinski definition) is 2. The van der Waals surface area contributed by atoms with Crippen molar-refractivity contribution in [3.8, 4) is 5.75 Å². The van der Waals surface area contributed by atoms with Gasteiger partial charge in [0.25, 0.3) is 0 Å². The third-order valence-electron chi connectivity index (χ3n) is 2.92. The summed E-state index contributed by atoms with van der Waals surface area (Å²) in [6.45, 7) is 0. The lowest BCUT2D eigenvalue weighted by Crippen LogP contribution is -2.23. The summed E-state index contributed by atoms with van der Waals surface area (Å²) < 4.78 is 0. The molecule has 0 bridgehead atoms. The molecule has 1 aliphatic rings. The lowest BCUT2D eigenvalue weighted by atomic mass is 9.93. The Labute approximate surface area is 115 Å². The lowest BCUT2D eigenvalue weighted by Gasteiger charge is -2.17. The molecular weight excluding hydrogens is 273 g/mol. The maximum absolute atomic E-state index is 12.0. The van der Waals surface area contributed by atoms with Crippen LogP contribution >= 0.6 is 23.2 Å². The lowest BCUT2D eigenvalue weighted by molar-refractivity contribution is -0.120. The number of aromatic hydroxyl groups is 1. The van der Waals surface area contributed by atoms with E-state index in [9.17, 15) is 9.90 Å². The summed E-state index contributed by atoms with van der Waals surface area (Å²) in [5.41, 5.74) is 0.502. The first-order chi connectivity index (χ1) is 8.58. The summed E-state index contributed by atoms with van der Waals surface area (Å²) >= 11 is 11.6. The van der Waals surface area contributed by atoms with Gasteiger partial charge in [0.1, 0.15) is 0 Å². The number of benzene rings is 1. The molecule has 0 radical (unpaired) electrons. The number of amides is 1. The van der Waals surface area contributed by atoms with Gasteiger partial charge < -0.3 is 10.4 Å². The summed E-state index contributed by atoms with van der Waals surface area (Å²) in [6, 6.07) is 2.97. The summed E-state index contributed by atoms with van der Waals surface area (Å²) in [5, 5.41) is 12.4. The SMILES string of the molecule is O=C(Nc1cc(Cl)c(O)c(Cl)c1)C1CC=CCC1. The molecule has 3 nitrogen and oxygen atoms in total. The minimum Gasteiger partial charge on any atom is -0.505 e. The van der Waals surface area contributed by atoms with Gasteiger partial charge in [-0.3, -0.25) is 4.79 Å². The number of nitrogens with one attached hydrogen (secondary N) is 1. The summed E-state index contributed by atoms with van der Waals surface area (Å²) in [6.07, 6.45) is 6.63. The number of halogens is 2. The first-order valence-corrected chi connectivity index (χ1v) is 6.47. The van der Waals surface area contributed by atoms with Crippen molar-refractivity contribution in [1.82, 2.24) is 0 Å². The molecule has 0 saturated heterocycles. The van der Waals surface area contributed by atoms with Crippen LogP contribution in [-0.4, -0.2) is 11.0 Å². The average molecular weight is 286 g/mol. The van der Waals surface area contributed by atoms with Crippen LogP contribution in [0.25, 0.3) is 0 Å². The Kier molecular flexibility index (Phi) is 4.15. The van der Waals surface area contributed by atoms with Gasteiger partial charge in [0, 0.05) is 11.6 Å². The van der Waals surface area contributed by atoms with E-state index >= 15 is 0 Å². The molecule has 18 heavy (non-hydrogen) atoms. The van der Waals surface area contributed by atoms with Crippen LogP contribution in [0.5, 0.6) is 5.75 Å². The Bertz CT molecular complexity index is 477. The quantitative estimate of drug-likeness (QED) is 0.638. The molecule has 96 valence electrons.